The van der Waals surface area contributed by atoms with Crippen LogP contribution in [0.2, 0.25) is 0 Å². The topological polar surface area (TPSA) is 39.9 Å². The molecule has 0 unspecified atom stereocenters. The van der Waals surface area contributed by atoms with Crippen LogP contribution in [0.1, 0.15) is 18.4 Å². The Morgan fingerprint density at radius 1 is 1.47 bits per heavy atom. The Hall–Kier alpha value is -1.08. The Kier molecular flexibility index (Phi) is 1.81. The van der Waals surface area contributed by atoms with Gasteiger partial charge in [0.1, 0.15) is 11.9 Å². The van der Waals surface area contributed by atoms with Gasteiger partial charge >= 0.3 is 0 Å². The Labute approximate surface area is 96.8 Å². The lowest BCUT2D eigenvalue weighted by atomic mass is 9.96. The van der Waals surface area contributed by atoms with Gasteiger partial charge in [-0.25, -0.2) is 4.98 Å². The van der Waals surface area contributed by atoms with Crippen molar-refractivity contribution in [2.45, 2.75) is 12.8 Å². The van der Waals surface area contributed by atoms with Crippen LogP contribution in [0.4, 0.5) is 5.82 Å². The van der Waals surface area contributed by atoms with Crippen molar-refractivity contribution in [1.29, 1.82) is 5.26 Å². The number of rotatable bonds is 1. The van der Waals surface area contributed by atoms with Gasteiger partial charge in [-0.3, -0.25) is 0 Å². The van der Waals surface area contributed by atoms with E-state index in [2.05, 4.69) is 31.9 Å². The summed E-state index contributed by atoms with van der Waals surface area (Å²) in [6.07, 6.45) is 4.46. The molecule has 0 bridgehead atoms. The van der Waals surface area contributed by atoms with Crippen LogP contribution in [0, 0.1) is 16.7 Å². The van der Waals surface area contributed by atoms with Gasteiger partial charge in [0, 0.05) is 29.2 Å². The lowest BCUT2D eigenvalue weighted by Crippen LogP contribution is -2.49. The molecule has 1 saturated heterocycles. The first-order valence-electron chi connectivity index (χ1n) is 5.03. The quantitative estimate of drug-likeness (QED) is 0.781. The van der Waals surface area contributed by atoms with Crippen LogP contribution in [0.25, 0.3) is 0 Å². The van der Waals surface area contributed by atoms with Crippen LogP contribution >= 0.6 is 15.9 Å². The maximum absolute atomic E-state index is 9.02. The molecule has 3 rings (SSSR count). The number of aromatic nitrogens is 1. The summed E-state index contributed by atoms with van der Waals surface area (Å²) in [7, 11) is 0. The van der Waals surface area contributed by atoms with E-state index < -0.39 is 0 Å². The van der Waals surface area contributed by atoms with E-state index in [1.807, 2.05) is 6.07 Å². The summed E-state index contributed by atoms with van der Waals surface area (Å²) in [6.45, 7) is 2.16. The lowest BCUT2D eigenvalue weighted by Gasteiger charge is -2.41. The van der Waals surface area contributed by atoms with E-state index in [1.165, 1.54) is 12.8 Å². The van der Waals surface area contributed by atoms with Gasteiger partial charge in [-0.1, -0.05) is 0 Å². The molecule has 4 heteroatoms. The first-order chi connectivity index (χ1) is 7.22. The third kappa shape index (κ3) is 1.42. The van der Waals surface area contributed by atoms with E-state index in [1.54, 1.807) is 6.20 Å². The minimum atomic E-state index is 0.599. The molecule has 0 radical (unpaired) electrons. The molecule has 1 aliphatic carbocycles. The average Bonchev–Trinajstić information content (AvgIpc) is 2.95. The molecule has 0 amide bonds. The summed E-state index contributed by atoms with van der Waals surface area (Å²) in [6, 6.07) is 4.03. The Bertz CT molecular complexity index is 451. The zero-order valence-electron chi connectivity index (χ0n) is 8.20. The molecule has 2 heterocycles. The Balaban J connectivity index is 1.89. The number of pyridine rings is 1. The molecule has 1 aromatic rings. The highest BCUT2D eigenvalue weighted by atomic mass is 79.9. The molecule has 1 saturated carbocycles. The van der Waals surface area contributed by atoms with Crippen LogP contribution < -0.4 is 4.90 Å². The molecule has 0 atom stereocenters. The van der Waals surface area contributed by atoms with Gasteiger partial charge in [0.2, 0.25) is 0 Å². The first kappa shape index (κ1) is 9.17. The second kappa shape index (κ2) is 2.96. The fourth-order valence-electron chi connectivity index (χ4n) is 2.17. The van der Waals surface area contributed by atoms with E-state index in [9.17, 15) is 0 Å². The van der Waals surface area contributed by atoms with Crippen LogP contribution in [0.5, 0.6) is 0 Å². The molecule has 15 heavy (non-hydrogen) atoms. The smallest absolute Gasteiger partial charge is 0.146 e. The van der Waals surface area contributed by atoms with Crippen molar-refractivity contribution in [3.63, 3.8) is 0 Å². The van der Waals surface area contributed by atoms with Gasteiger partial charge in [-0.2, -0.15) is 5.26 Å². The highest BCUT2D eigenvalue weighted by Gasteiger charge is 2.52. The number of nitrogens with zero attached hydrogens (tertiary/aromatic N) is 3. The standard InChI is InChI=1S/C11H10BrN3/c12-9-3-8(4-13)10(14-5-9)15-6-11(7-15)1-2-11/h3,5H,1-2,6-7H2. The fourth-order valence-corrected chi connectivity index (χ4v) is 2.50. The van der Waals surface area contributed by atoms with Crippen LogP contribution in [0.3, 0.4) is 0 Å². The summed E-state index contributed by atoms with van der Waals surface area (Å²) in [4.78, 5) is 6.53. The summed E-state index contributed by atoms with van der Waals surface area (Å²) in [5.41, 5.74) is 1.27. The van der Waals surface area contributed by atoms with Gasteiger partial charge in [-0.05, 0) is 34.8 Å². The van der Waals surface area contributed by atoms with Crippen molar-refractivity contribution in [2.24, 2.45) is 5.41 Å². The first-order valence-corrected chi connectivity index (χ1v) is 5.82. The zero-order valence-corrected chi connectivity index (χ0v) is 9.79. The van der Waals surface area contributed by atoms with E-state index in [-0.39, 0.29) is 0 Å². The largest absolute Gasteiger partial charge is 0.354 e. The van der Waals surface area contributed by atoms with Crippen molar-refractivity contribution in [3.8, 4) is 6.07 Å². The summed E-state index contributed by atoms with van der Waals surface area (Å²) >= 11 is 3.33. The van der Waals surface area contributed by atoms with Crippen molar-refractivity contribution in [1.82, 2.24) is 4.98 Å². The third-order valence-electron chi connectivity index (χ3n) is 3.26. The van der Waals surface area contributed by atoms with E-state index in [0.29, 0.717) is 11.0 Å². The van der Waals surface area contributed by atoms with Crippen molar-refractivity contribution >= 4 is 21.7 Å². The van der Waals surface area contributed by atoms with Gasteiger partial charge in [-0.15, -0.1) is 0 Å². The van der Waals surface area contributed by atoms with Crippen LogP contribution in [0.15, 0.2) is 16.7 Å². The molecule has 2 fully saturated rings. The van der Waals surface area contributed by atoms with Gasteiger partial charge < -0.3 is 4.90 Å². The Morgan fingerprint density at radius 2 is 2.20 bits per heavy atom. The SMILES string of the molecule is N#Cc1cc(Br)cnc1N1CC2(CC2)C1. The van der Waals surface area contributed by atoms with Crippen molar-refractivity contribution < 1.29 is 0 Å². The molecular formula is C11H10BrN3. The van der Waals surface area contributed by atoms with Crippen molar-refractivity contribution in [2.75, 3.05) is 18.0 Å². The summed E-state index contributed by atoms with van der Waals surface area (Å²) in [5.74, 6) is 0.846. The summed E-state index contributed by atoms with van der Waals surface area (Å²) < 4.78 is 0.865. The molecule has 0 aromatic carbocycles. The molecule has 76 valence electrons. The molecular weight excluding hydrogens is 254 g/mol. The number of halogens is 1. The predicted octanol–water partition coefficient (Wildman–Crippen LogP) is 2.32. The van der Waals surface area contributed by atoms with Gasteiger partial charge in [0.25, 0.3) is 0 Å². The van der Waals surface area contributed by atoms with Crippen molar-refractivity contribution in [3.05, 3.63) is 22.3 Å². The van der Waals surface area contributed by atoms with Gasteiger partial charge in [0.05, 0.1) is 5.56 Å². The number of nitriles is 1. The number of anilines is 1. The molecule has 0 N–H and O–H groups in total. The van der Waals surface area contributed by atoms with E-state index in [4.69, 9.17) is 5.26 Å². The molecule has 1 aromatic heterocycles. The third-order valence-corrected chi connectivity index (χ3v) is 3.70. The average molecular weight is 264 g/mol. The molecule has 2 aliphatic rings. The molecule has 1 spiro atoms. The minimum Gasteiger partial charge on any atom is -0.354 e. The zero-order chi connectivity index (χ0) is 10.5. The van der Waals surface area contributed by atoms with E-state index in [0.717, 1.165) is 23.4 Å². The summed E-state index contributed by atoms with van der Waals surface area (Å²) in [5, 5.41) is 9.02. The Morgan fingerprint density at radius 3 is 2.80 bits per heavy atom. The second-order valence-corrected chi connectivity index (χ2v) is 5.41. The monoisotopic (exact) mass is 263 g/mol. The van der Waals surface area contributed by atoms with Crippen LogP contribution in [-0.4, -0.2) is 18.1 Å². The normalized spacial score (nSPS) is 20.9. The van der Waals surface area contributed by atoms with Crippen LogP contribution in [-0.2, 0) is 0 Å². The number of hydrogen-bond donors (Lipinski definition) is 0. The molecule has 1 aliphatic heterocycles. The highest BCUT2D eigenvalue weighted by molar-refractivity contribution is 9.10. The second-order valence-electron chi connectivity index (χ2n) is 4.49. The number of hydrogen-bond acceptors (Lipinski definition) is 3. The van der Waals surface area contributed by atoms with Gasteiger partial charge in [0.15, 0.2) is 0 Å². The fraction of sp³-hybridized carbons (Fsp3) is 0.455. The maximum Gasteiger partial charge on any atom is 0.146 e. The highest BCUT2D eigenvalue weighted by Crippen LogP contribution is 2.53. The lowest BCUT2D eigenvalue weighted by molar-refractivity contribution is 0.384. The predicted molar refractivity (Wildman–Crippen MR) is 60.5 cm³/mol. The van der Waals surface area contributed by atoms with E-state index >= 15 is 0 Å². The molecule has 3 nitrogen and oxygen atoms in total. The maximum atomic E-state index is 9.02. The minimum absolute atomic E-state index is 0.599.